The Bertz CT molecular complexity index is 2040. The summed E-state index contributed by atoms with van der Waals surface area (Å²) in [6, 6.07) is 24.2. The van der Waals surface area contributed by atoms with Crippen molar-refractivity contribution in [3.05, 3.63) is 102 Å². The number of unbranched alkanes of at least 4 members (excludes halogenated alkanes) is 30. The molecule has 0 radical (unpaired) electrons. The third kappa shape index (κ3) is 27.3. The van der Waals surface area contributed by atoms with Crippen LogP contribution in [0.25, 0.3) is 0 Å². The summed E-state index contributed by atoms with van der Waals surface area (Å²) >= 11 is 0. The van der Waals surface area contributed by atoms with Gasteiger partial charge < -0.3 is 24.4 Å². The lowest BCUT2D eigenvalue weighted by Gasteiger charge is -2.08. The van der Waals surface area contributed by atoms with Crippen LogP contribution in [0, 0.1) is 0 Å². The van der Waals surface area contributed by atoms with E-state index < -0.39 is 5.97 Å². The highest BCUT2D eigenvalue weighted by molar-refractivity contribution is 5.92. The molecular weight excluding hydrogens is 881 g/mol. The van der Waals surface area contributed by atoms with Gasteiger partial charge in [0.25, 0.3) is 0 Å². The number of nitrogens with zero attached hydrogens (tertiary/aromatic N) is 2. The number of rotatable bonds is 42. The maximum atomic E-state index is 13.0. The zero-order valence-corrected chi connectivity index (χ0v) is 44.2. The van der Waals surface area contributed by atoms with Gasteiger partial charge in [-0.1, -0.05) is 213 Å². The van der Waals surface area contributed by atoms with E-state index in [-0.39, 0.29) is 11.5 Å². The number of phenols is 2. The first kappa shape index (κ1) is 58.5. The summed E-state index contributed by atoms with van der Waals surface area (Å²) in [4.78, 5) is 22.0. The lowest BCUT2D eigenvalue weighted by atomic mass is 10.0. The van der Waals surface area contributed by atoms with E-state index in [1.165, 1.54) is 180 Å². The molecule has 0 saturated heterocycles. The maximum absolute atomic E-state index is 13.0. The van der Waals surface area contributed by atoms with Gasteiger partial charge >= 0.3 is 5.97 Å². The minimum Gasteiger partial charge on any atom is -0.507 e. The Balaban J connectivity index is 1.05. The number of hydrogen-bond donors (Lipinski definition) is 2. The zero-order valence-electron chi connectivity index (χ0n) is 44.2. The van der Waals surface area contributed by atoms with Gasteiger partial charge in [-0.15, -0.1) is 0 Å². The molecule has 0 aromatic heterocycles. The predicted octanol–water partition coefficient (Wildman–Crippen LogP) is 19.1. The summed E-state index contributed by atoms with van der Waals surface area (Å²) in [7, 11) is 0. The monoisotopic (exact) mass is 973 g/mol. The first-order chi connectivity index (χ1) is 34.9. The fraction of sp³-hybridized carbons (Fsp3) is 0.571. The van der Waals surface area contributed by atoms with E-state index in [2.05, 4.69) is 23.8 Å². The molecule has 4 aromatic rings. The molecule has 4 aromatic carbocycles. The number of phenolic OH excluding ortho intramolecular Hbond substituents is 2. The number of ether oxygens (including phenoxy) is 3. The third-order valence-electron chi connectivity index (χ3n) is 13.4. The van der Waals surface area contributed by atoms with E-state index in [1.807, 2.05) is 12.1 Å². The summed E-state index contributed by atoms with van der Waals surface area (Å²) in [6.07, 6.45) is 45.9. The molecule has 0 unspecified atom stereocenters. The molecular formula is C63H92N2O6. The molecule has 0 aliphatic carbocycles. The Kier molecular flexibility index (Phi) is 31.7. The van der Waals surface area contributed by atoms with Crippen LogP contribution in [0.1, 0.15) is 241 Å². The molecule has 0 heterocycles. The Morgan fingerprint density at radius 3 is 1.15 bits per heavy atom. The van der Waals surface area contributed by atoms with Crippen molar-refractivity contribution < 1.29 is 29.2 Å². The van der Waals surface area contributed by atoms with Crippen LogP contribution in [0.4, 0.5) is 11.4 Å². The van der Waals surface area contributed by atoms with Crippen molar-refractivity contribution in [2.75, 3.05) is 13.2 Å². The molecule has 0 aliphatic rings. The number of carbonyl (C=O) groups is 1. The van der Waals surface area contributed by atoms with Crippen LogP contribution in [-0.4, -0.2) is 41.8 Å². The topological polar surface area (TPSA) is 110 Å². The molecule has 0 spiro atoms. The van der Waals surface area contributed by atoms with Gasteiger partial charge in [0.05, 0.1) is 30.2 Å². The van der Waals surface area contributed by atoms with Crippen LogP contribution in [0.5, 0.6) is 28.7 Å². The average molecular weight is 973 g/mol. The Labute approximate surface area is 430 Å². The largest absolute Gasteiger partial charge is 0.507 e. The highest BCUT2D eigenvalue weighted by Gasteiger charge is 2.10. The number of benzene rings is 4. The van der Waals surface area contributed by atoms with Crippen molar-refractivity contribution in [2.45, 2.75) is 219 Å². The van der Waals surface area contributed by atoms with Gasteiger partial charge in [0.15, 0.2) is 0 Å². The standard InChI is InChI=1S/C63H92N2O6/c1-3-5-7-9-11-13-15-17-19-21-23-25-27-29-31-33-46-69-58-44-40-54(61(66)49-58)51-64-56-42-38-53(39-43-56)63(68)71-60-37-35-36-57(48-60)65-52-55-41-45-59(50-62(55)67)70-47-34-32-30-28-26-24-22-20-18-16-14-12-10-8-6-4-2/h35-45,48-52,66-67H,3-34,46-47H2,1-2H3. The Morgan fingerprint density at radius 2 is 0.775 bits per heavy atom. The van der Waals surface area contributed by atoms with Crippen molar-refractivity contribution in [2.24, 2.45) is 9.98 Å². The molecule has 8 nitrogen and oxygen atoms in total. The lowest BCUT2D eigenvalue weighted by molar-refractivity contribution is 0.0735. The van der Waals surface area contributed by atoms with Gasteiger partial charge in [0.2, 0.25) is 0 Å². The number of hydrogen-bond acceptors (Lipinski definition) is 8. The van der Waals surface area contributed by atoms with E-state index in [9.17, 15) is 15.0 Å². The second-order valence-corrected chi connectivity index (χ2v) is 19.7. The van der Waals surface area contributed by atoms with Crippen molar-refractivity contribution >= 4 is 29.8 Å². The van der Waals surface area contributed by atoms with Gasteiger partial charge in [-0.2, -0.15) is 0 Å². The number of aromatic hydroxyl groups is 2. The molecule has 2 N–H and O–H groups in total. The molecule has 0 saturated carbocycles. The van der Waals surface area contributed by atoms with Gasteiger partial charge in [0.1, 0.15) is 28.7 Å². The minimum atomic E-state index is -0.512. The van der Waals surface area contributed by atoms with Gasteiger partial charge in [0, 0.05) is 41.8 Å². The summed E-state index contributed by atoms with van der Waals surface area (Å²) < 4.78 is 17.5. The summed E-state index contributed by atoms with van der Waals surface area (Å²) in [6.45, 7) is 5.82. The average Bonchev–Trinajstić information content (AvgIpc) is 3.38. The SMILES string of the molecule is CCCCCCCCCCCCCCCCCCOc1ccc(C=Nc2ccc(C(=O)Oc3cccc(N=Cc4ccc(OCCCCCCCCCCCCCCCCCC)cc4O)c3)cc2)c(O)c1. The molecule has 0 amide bonds. The lowest BCUT2D eigenvalue weighted by Crippen LogP contribution is -2.07. The molecule has 0 atom stereocenters. The molecule has 0 fully saturated rings. The van der Waals surface area contributed by atoms with Crippen LogP contribution in [0.3, 0.4) is 0 Å². The zero-order chi connectivity index (χ0) is 50.2. The Morgan fingerprint density at radius 1 is 0.408 bits per heavy atom. The number of esters is 1. The van der Waals surface area contributed by atoms with Gasteiger partial charge in [-0.05, 0) is 73.5 Å². The molecule has 0 aliphatic heterocycles. The smallest absolute Gasteiger partial charge is 0.343 e. The fourth-order valence-electron chi connectivity index (χ4n) is 8.89. The molecule has 0 bridgehead atoms. The van der Waals surface area contributed by atoms with Crippen molar-refractivity contribution in [1.29, 1.82) is 0 Å². The first-order valence-corrected chi connectivity index (χ1v) is 28.4. The molecule has 8 heteroatoms. The van der Waals surface area contributed by atoms with E-state index in [0.29, 0.717) is 58.5 Å². The highest BCUT2D eigenvalue weighted by atomic mass is 16.5. The van der Waals surface area contributed by atoms with E-state index in [1.54, 1.807) is 85.2 Å². The van der Waals surface area contributed by atoms with Gasteiger partial charge in [-0.25, -0.2) is 4.79 Å². The predicted molar refractivity (Wildman–Crippen MR) is 299 cm³/mol. The van der Waals surface area contributed by atoms with Gasteiger partial charge in [-0.3, -0.25) is 9.98 Å². The number of aliphatic imine (C=N–C) groups is 2. The Hall–Kier alpha value is -5.11. The van der Waals surface area contributed by atoms with Crippen molar-refractivity contribution in [3.63, 3.8) is 0 Å². The molecule has 390 valence electrons. The van der Waals surface area contributed by atoms with Crippen LogP contribution in [-0.2, 0) is 0 Å². The van der Waals surface area contributed by atoms with Crippen molar-refractivity contribution in [1.82, 2.24) is 0 Å². The quantitative estimate of drug-likeness (QED) is 0.0198. The maximum Gasteiger partial charge on any atom is 0.343 e. The number of carbonyl (C=O) groups excluding carboxylic acids is 1. The van der Waals surface area contributed by atoms with Crippen LogP contribution in [0.15, 0.2) is 94.9 Å². The van der Waals surface area contributed by atoms with E-state index in [4.69, 9.17) is 14.2 Å². The highest BCUT2D eigenvalue weighted by Crippen LogP contribution is 2.27. The third-order valence-corrected chi connectivity index (χ3v) is 13.4. The molecule has 4 rings (SSSR count). The van der Waals surface area contributed by atoms with Crippen LogP contribution >= 0.6 is 0 Å². The molecule has 71 heavy (non-hydrogen) atoms. The second-order valence-electron chi connectivity index (χ2n) is 19.7. The fourth-order valence-corrected chi connectivity index (χ4v) is 8.89. The van der Waals surface area contributed by atoms with E-state index >= 15 is 0 Å². The van der Waals surface area contributed by atoms with Crippen LogP contribution in [0.2, 0.25) is 0 Å². The summed E-state index contributed by atoms with van der Waals surface area (Å²) in [5, 5.41) is 21.3. The normalized spacial score (nSPS) is 11.5. The van der Waals surface area contributed by atoms with Crippen LogP contribution < -0.4 is 14.2 Å². The van der Waals surface area contributed by atoms with Crippen molar-refractivity contribution in [3.8, 4) is 28.7 Å². The second kappa shape index (κ2) is 38.6. The minimum absolute atomic E-state index is 0.0870. The summed E-state index contributed by atoms with van der Waals surface area (Å²) in [5.74, 6) is 1.30. The summed E-state index contributed by atoms with van der Waals surface area (Å²) in [5.41, 5.74) is 2.69. The van der Waals surface area contributed by atoms with E-state index in [0.717, 1.165) is 25.7 Å². The first-order valence-electron chi connectivity index (χ1n) is 28.4.